The molecule has 0 saturated carbocycles. The maximum Gasteiger partial charge on any atom is 0.491 e. The Morgan fingerprint density at radius 3 is 2.20 bits per heavy atom. The average Bonchev–Trinajstić information content (AvgIpc) is 2.60. The summed E-state index contributed by atoms with van der Waals surface area (Å²) in [6, 6.07) is 4.61. The molecule has 2 rings (SSSR count). The number of ether oxygens (including phenoxy) is 1. The standard InChI is InChI=1S/C18H21F4N3O4S/c1-10(2)14-15(29-16(26)18(20,21)22)13(11-6-8-12(19)9-7-11)23-17(24(14)3)25(4)30(5,27)28/h6-10,17H,1-5H3. The second-order valence-corrected chi connectivity index (χ2v) is 9.02. The molecule has 0 N–H and O–H groups in total. The van der Waals surface area contributed by atoms with Crippen molar-refractivity contribution in [3.8, 4) is 0 Å². The Bertz CT molecular complexity index is 986. The molecule has 30 heavy (non-hydrogen) atoms. The largest absolute Gasteiger partial charge is 0.491 e. The number of rotatable bonds is 5. The van der Waals surface area contributed by atoms with E-state index in [1.54, 1.807) is 13.8 Å². The molecule has 1 aromatic carbocycles. The summed E-state index contributed by atoms with van der Waals surface area (Å²) in [7, 11) is -1.06. The van der Waals surface area contributed by atoms with Crippen LogP contribution in [0.1, 0.15) is 19.4 Å². The molecular formula is C18H21F4N3O4S. The van der Waals surface area contributed by atoms with Crippen LogP contribution < -0.4 is 0 Å². The van der Waals surface area contributed by atoms with E-state index in [0.717, 1.165) is 22.7 Å². The van der Waals surface area contributed by atoms with Gasteiger partial charge in [0.15, 0.2) is 12.0 Å². The number of halogens is 4. The lowest BCUT2D eigenvalue weighted by atomic mass is 9.99. The fourth-order valence-electron chi connectivity index (χ4n) is 2.90. The zero-order valence-corrected chi connectivity index (χ0v) is 17.7. The summed E-state index contributed by atoms with van der Waals surface area (Å²) in [4.78, 5) is 17.2. The fraction of sp³-hybridized carbons (Fsp3) is 0.444. The van der Waals surface area contributed by atoms with Crippen LogP contribution in [-0.2, 0) is 19.6 Å². The molecule has 0 amide bonds. The molecule has 0 aliphatic carbocycles. The Labute approximate surface area is 171 Å². The van der Waals surface area contributed by atoms with Crippen LogP contribution in [0, 0.1) is 11.7 Å². The number of aliphatic imine (C=N–C) groups is 1. The van der Waals surface area contributed by atoms with Gasteiger partial charge >= 0.3 is 12.1 Å². The number of nitrogens with zero attached hydrogens (tertiary/aromatic N) is 3. The normalized spacial score (nSPS) is 18.2. The molecule has 0 fully saturated rings. The van der Waals surface area contributed by atoms with E-state index < -0.39 is 46.0 Å². The Morgan fingerprint density at radius 1 is 1.23 bits per heavy atom. The molecule has 1 atom stereocenters. The van der Waals surface area contributed by atoms with Gasteiger partial charge < -0.3 is 9.64 Å². The van der Waals surface area contributed by atoms with Crippen molar-refractivity contribution >= 4 is 21.7 Å². The van der Waals surface area contributed by atoms with Gasteiger partial charge in [0.05, 0.1) is 12.0 Å². The van der Waals surface area contributed by atoms with Crippen molar-refractivity contribution in [2.24, 2.45) is 10.9 Å². The van der Waals surface area contributed by atoms with Gasteiger partial charge in [-0.1, -0.05) is 13.8 Å². The molecule has 7 nitrogen and oxygen atoms in total. The molecule has 0 aromatic heterocycles. The average molecular weight is 451 g/mol. The minimum absolute atomic E-state index is 0.127. The third-order valence-corrected chi connectivity index (χ3v) is 5.59. The summed E-state index contributed by atoms with van der Waals surface area (Å²) in [5, 5.41) is 0. The first-order valence-electron chi connectivity index (χ1n) is 8.67. The highest BCUT2D eigenvalue weighted by Crippen LogP contribution is 2.33. The lowest BCUT2D eigenvalue weighted by molar-refractivity contribution is -0.194. The van der Waals surface area contributed by atoms with Gasteiger partial charge in [-0.2, -0.15) is 17.5 Å². The monoisotopic (exact) mass is 451 g/mol. The third kappa shape index (κ3) is 4.98. The number of hydrogen-bond acceptors (Lipinski definition) is 6. The van der Waals surface area contributed by atoms with Gasteiger partial charge in [-0.3, -0.25) is 0 Å². The number of carbonyl (C=O) groups is 1. The number of sulfonamides is 1. The summed E-state index contributed by atoms with van der Waals surface area (Å²) in [6.45, 7) is 3.27. The van der Waals surface area contributed by atoms with Gasteiger partial charge in [0, 0.05) is 19.7 Å². The summed E-state index contributed by atoms with van der Waals surface area (Å²) in [5.41, 5.74) is 0.0804. The maximum absolute atomic E-state index is 13.4. The van der Waals surface area contributed by atoms with Crippen LogP contribution in [0.2, 0.25) is 0 Å². The maximum atomic E-state index is 13.4. The molecule has 1 heterocycles. The second-order valence-electron chi connectivity index (χ2n) is 6.98. The lowest BCUT2D eigenvalue weighted by Crippen LogP contribution is -2.50. The van der Waals surface area contributed by atoms with Gasteiger partial charge in [-0.05, 0) is 30.2 Å². The van der Waals surface area contributed by atoms with Crippen LogP contribution in [0.25, 0.3) is 0 Å². The molecule has 1 aromatic rings. The van der Waals surface area contributed by atoms with E-state index in [1.807, 2.05) is 0 Å². The topological polar surface area (TPSA) is 79.3 Å². The number of hydrogen-bond donors (Lipinski definition) is 0. The van der Waals surface area contributed by atoms with E-state index in [0.29, 0.717) is 0 Å². The SMILES string of the molecule is CC(C)C1=C(OC(=O)C(F)(F)F)C(c2ccc(F)cc2)=NC(N(C)S(C)(=O)=O)N1C. The van der Waals surface area contributed by atoms with E-state index in [4.69, 9.17) is 4.74 Å². The van der Waals surface area contributed by atoms with Gasteiger partial charge in [0.25, 0.3) is 0 Å². The lowest BCUT2D eigenvalue weighted by Gasteiger charge is -2.40. The van der Waals surface area contributed by atoms with E-state index in [1.165, 1.54) is 31.1 Å². The molecule has 0 saturated heterocycles. The highest BCUT2D eigenvalue weighted by atomic mass is 32.2. The molecule has 1 aliphatic heterocycles. The molecule has 12 heteroatoms. The van der Waals surface area contributed by atoms with E-state index in [-0.39, 0.29) is 17.0 Å². The van der Waals surface area contributed by atoms with Gasteiger partial charge in [0.2, 0.25) is 10.0 Å². The molecular weight excluding hydrogens is 430 g/mol. The Balaban J connectivity index is 2.74. The highest BCUT2D eigenvalue weighted by molar-refractivity contribution is 7.88. The zero-order chi connectivity index (χ0) is 23.0. The summed E-state index contributed by atoms with van der Waals surface area (Å²) in [5.74, 6) is -4.00. The van der Waals surface area contributed by atoms with Crippen molar-refractivity contribution in [3.05, 3.63) is 47.1 Å². The van der Waals surface area contributed by atoms with E-state index in [9.17, 15) is 30.8 Å². The highest BCUT2D eigenvalue weighted by Gasteiger charge is 2.44. The van der Waals surface area contributed by atoms with Gasteiger partial charge in [0.1, 0.15) is 11.5 Å². The van der Waals surface area contributed by atoms with Crippen molar-refractivity contribution in [2.75, 3.05) is 20.4 Å². The molecule has 0 bridgehead atoms. The van der Waals surface area contributed by atoms with Crippen molar-refractivity contribution in [2.45, 2.75) is 26.3 Å². The quantitative estimate of drug-likeness (QED) is 0.508. The first-order chi connectivity index (χ1) is 13.6. The van der Waals surface area contributed by atoms with Crippen LogP contribution in [0.4, 0.5) is 17.6 Å². The number of esters is 1. The smallest absolute Gasteiger partial charge is 0.416 e. The van der Waals surface area contributed by atoms with Crippen LogP contribution >= 0.6 is 0 Å². The first-order valence-corrected chi connectivity index (χ1v) is 10.5. The molecule has 0 spiro atoms. The Morgan fingerprint density at radius 2 is 1.77 bits per heavy atom. The number of alkyl halides is 3. The Hall–Kier alpha value is -2.47. The molecule has 166 valence electrons. The molecule has 1 unspecified atom stereocenters. The summed E-state index contributed by atoms with van der Waals surface area (Å²) >= 11 is 0. The third-order valence-electron chi connectivity index (χ3n) is 4.36. The van der Waals surface area contributed by atoms with Crippen molar-refractivity contribution in [1.29, 1.82) is 0 Å². The predicted molar refractivity (Wildman–Crippen MR) is 101 cm³/mol. The number of carbonyl (C=O) groups excluding carboxylic acids is 1. The zero-order valence-electron chi connectivity index (χ0n) is 16.9. The first kappa shape index (κ1) is 23.8. The minimum Gasteiger partial charge on any atom is -0.416 e. The summed E-state index contributed by atoms with van der Waals surface area (Å²) in [6.07, 6.45) is -5.47. The van der Waals surface area contributed by atoms with E-state index in [2.05, 4.69) is 4.99 Å². The van der Waals surface area contributed by atoms with Crippen LogP contribution in [0.15, 0.2) is 40.7 Å². The van der Waals surface area contributed by atoms with Crippen molar-refractivity contribution < 1.29 is 35.5 Å². The van der Waals surface area contributed by atoms with Crippen LogP contribution in [0.5, 0.6) is 0 Å². The van der Waals surface area contributed by atoms with Gasteiger partial charge in [-0.25, -0.2) is 22.6 Å². The molecule has 1 aliphatic rings. The Kier molecular flexibility index (Phi) is 6.62. The van der Waals surface area contributed by atoms with Crippen molar-refractivity contribution in [3.63, 3.8) is 0 Å². The van der Waals surface area contributed by atoms with Crippen LogP contribution in [-0.4, -0.2) is 62.1 Å². The minimum atomic E-state index is -5.26. The van der Waals surface area contributed by atoms with E-state index >= 15 is 0 Å². The molecule has 0 radical (unpaired) electrons. The summed E-state index contributed by atoms with van der Waals surface area (Å²) < 4.78 is 81.8. The van der Waals surface area contributed by atoms with Gasteiger partial charge in [-0.15, -0.1) is 0 Å². The van der Waals surface area contributed by atoms with Crippen LogP contribution in [0.3, 0.4) is 0 Å². The second kappa shape index (κ2) is 8.34. The predicted octanol–water partition coefficient (Wildman–Crippen LogP) is 2.71. The van der Waals surface area contributed by atoms with Crippen molar-refractivity contribution in [1.82, 2.24) is 9.21 Å². The fourth-order valence-corrected chi connectivity index (χ4v) is 3.43. The number of allylic oxidation sites excluding steroid dienone is 2. The number of benzene rings is 1.